The fraction of sp³-hybridized carbons (Fsp3) is 0.833. The molecule has 0 aromatic carbocycles. The van der Waals surface area contributed by atoms with E-state index in [-0.39, 0.29) is 12.2 Å². The number of ketones is 1. The third-order valence-corrected chi connectivity index (χ3v) is 5.66. The van der Waals surface area contributed by atoms with Crippen LogP contribution in [0.5, 0.6) is 0 Å². The molecule has 0 N–H and O–H groups in total. The number of unbranched alkanes of at least 4 members (excludes halogenated alkanes) is 2. The van der Waals surface area contributed by atoms with Gasteiger partial charge in [-0.15, -0.1) is 0 Å². The standard InChI is InChI=1S/C4H6O3.2C4H9O.Sn/c1-3(5)2-4(6)7;2*1-2-3-4-5;/h2H2,1H3,(H,6,7);2*2-4H2,1H3;/q;2*-1;+3/p-1. The zero-order valence-electron chi connectivity index (χ0n) is 11.5. The van der Waals surface area contributed by atoms with Gasteiger partial charge in [-0.1, -0.05) is 0 Å². The van der Waals surface area contributed by atoms with E-state index >= 15 is 0 Å². The van der Waals surface area contributed by atoms with Crippen LogP contribution in [0.25, 0.3) is 0 Å². The van der Waals surface area contributed by atoms with Crippen molar-refractivity contribution in [2.24, 2.45) is 0 Å². The summed E-state index contributed by atoms with van der Waals surface area (Å²) in [4.78, 5) is 22.2. The first-order chi connectivity index (χ1) is 8.60. The van der Waals surface area contributed by atoms with Crippen LogP contribution < -0.4 is 0 Å². The quantitative estimate of drug-likeness (QED) is 0.319. The Kier molecular flexibility index (Phi) is 11.8. The van der Waals surface area contributed by atoms with Crippen LogP contribution in [-0.2, 0) is 18.8 Å². The summed E-state index contributed by atoms with van der Waals surface area (Å²) >= 11 is -3.01. The summed E-state index contributed by atoms with van der Waals surface area (Å²) in [5, 5.41) is 0. The molecule has 0 unspecified atom stereocenters. The first kappa shape index (κ1) is 17.9. The van der Waals surface area contributed by atoms with Crippen molar-refractivity contribution in [2.45, 2.75) is 52.9 Å². The molecular formula is C12H23O5Sn. The van der Waals surface area contributed by atoms with Crippen LogP contribution in [0.2, 0.25) is 0 Å². The van der Waals surface area contributed by atoms with Crippen LogP contribution in [0, 0.1) is 0 Å². The Labute approximate surface area is 118 Å². The van der Waals surface area contributed by atoms with E-state index in [0.717, 1.165) is 25.7 Å². The van der Waals surface area contributed by atoms with Crippen molar-refractivity contribution in [3.8, 4) is 0 Å². The summed E-state index contributed by atoms with van der Waals surface area (Å²) in [6.45, 7) is 6.61. The molecule has 0 aromatic heterocycles. The molecule has 0 saturated carbocycles. The van der Waals surface area contributed by atoms with E-state index in [1.165, 1.54) is 6.92 Å². The summed E-state index contributed by atoms with van der Waals surface area (Å²) in [6.07, 6.45) is 3.69. The number of carbonyl (C=O) groups excluding carboxylic acids is 2. The molecule has 0 aliphatic rings. The molecule has 0 aliphatic carbocycles. The van der Waals surface area contributed by atoms with Crippen LogP contribution in [0.4, 0.5) is 0 Å². The van der Waals surface area contributed by atoms with E-state index in [2.05, 4.69) is 13.8 Å². The van der Waals surface area contributed by atoms with Crippen LogP contribution in [-0.4, -0.2) is 46.0 Å². The minimum atomic E-state index is -3.01. The maximum absolute atomic E-state index is 11.4. The predicted molar refractivity (Wildman–Crippen MR) is 68.9 cm³/mol. The summed E-state index contributed by atoms with van der Waals surface area (Å²) < 4.78 is 16.1. The summed E-state index contributed by atoms with van der Waals surface area (Å²) in [6, 6.07) is 0. The van der Waals surface area contributed by atoms with E-state index in [1.54, 1.807) is 0 Å². The molecule has 1 radical (unpaired) electrons. The second-order valence-corrected chi connectivity index (χ2v) is 7.66. The van der Waals surface area contributed by atoms with E-state index < -0.39 is 27.0 Å². The third kappa shape index (κ3) is 11.0. The molecule has 0 bridgehead atoms. The van der Waals surface area contributed by atoms with Gasteiger partial charge in [0.1, 0.15) is 0 Å². The SMILES string of the molecule is CCCC[O][Sn]([O]CCCC)[O]C(=O)CC(C)=O. The van der Waals surface area contributed by atoms with Gasteiger partial charge in [0.05, 0.1) is 0 Å². The van der Waals surface area contributed by atoms with Gasteiger partial charge in [0.2, 0.25) is 0 Å². The molecule has 0 atom stereocenters. The number of rotatable bonds is 11. The van der Waals surface area contributed by atoms with Crippen molar-refractivity contribution in [3.63, 3.8) is 0 Å². The molecule has 0 saturated heterocycles. The zero-order chi connectivity index (χ0) is 13.8. The Morgan fingerprint density at radius 3 is 1.89 bits per heavy atom. The molecule has 0 spiro atoms. The monoisotopic (exact) mass is 367 g/mol. The van der Waals surface area contributed by atoms with Crippen molar-refractivity contribution >= 4 is 32.8 Å². The first-order valence-electron chi connectivity index (χ1n) is 6.42. The number of carbonyl (C=O) groups is 2. The van der Waals surface area contributed by atoms with E-state index in [4.69, 9.17) is 9.22 Å². The molecule has 0 rings (SSSR count). The van der Waals surface area contributed by atoms with Gasteiger partial charge in [0.25, 0.3) is 0 Å². The maximum atomic E-state index is 11.4. The fourth-order valence-electron chi connectivity index (χ4n) is 1.03. The van der Waals surface area contributed by atoms with Gasteiger partial charge < -0.3 is 0 Å². The minimum absolute atomic E-state index is 0.196. The molecule has 18 heavy (non-hydrogen) atoms. The van der Waals surface area contributed by atoms with Gasteiger partial charge in [-0.05, 0) is 0 Å². The second-order valence-electron chi connectivity index (χ2n) is 4.01. The molecule has 0 aliphatic heterocycles. The van der Waals surface area contributed by atoms with Gasteiger partial charge in [-0.25, -0.2) is 0 Å². The van der Waals surface area contributed by atoms with Gasteiger partial charge in [-0.3, -0.25) is 0 Å². The summed E-state index contributed by atoms with van der Waals surface area (Å²) in [7, 11) is 0. The van der Waals surface area contributed by atoms with Crippen molar-refractivity contribution < 1.29 is 18.8 Å². The fourth-order valence-corrected chi connectivity index (χ4v) is 4.12. The van der Waals surface area contributed by atoms with Crippen molar-refractivity contribution in [1.29, 1.82) is 0 Å². The van der Waals surface area contributed by atoms with Crippen LogP contribution >= 0.6 is 0 Å². The molecule has 5 nitrogen and oxygen atoms in total. The Bertz CT molecular complexity index is 235. The van der Waals surface area contributed by atoms with E-state index in [9.17, 15) is 9.59 Å². The van der Waals surface area contributed by atoms with Crippen molar-refractivity contribution in [3.05, 3.63) is 0 Å². The first-order valence-corrected chi connectivity index (χ1v) is 9.92. The Hall–Kier alpha value is -0.141. The Balaban J connectivity index is 4.01. The molecule has 0 aromatic rings. The third-order valence-electron chi connectivity index (χ3n) is 2.03. The second kappa shape index (κ2) is 11.9. The Morgan fingerprint density at radius 2 is 1.50 bits per heavy atom. The van der Waals surface area contributed by atoms with Crippen molar-refractivity contribution in [1.82, 2.24) is 0 Å². The number of hydrogen-bond acceptors (Lipinski definition) is 5. The van der Waals surface area contributed by atoms with Gasteiger partial charge in [0.15, 0.2) is 0 Å². The molecule has 0 amide bonds. The van der Waals surface area contributed by atoms with Crippen molar-refractivity contribution in [2.75, 3.05) is 13.2 Å². The predicted octanol–water partition coefficient (Wildman–Crippen LogP) is 2.13. The molecular weight excluding hydrogens is 343 g/mol. The average molecular weight is 366 g/mol. The number of Topliss-reactive ketones (excluding diaryl/α,β-unsaturated/α-hetero) is 1. The van der Waals surface area contributed by atoms with Crippen LogP contribution in [0.15, 0.2) is 0 Å². The van der Waals surface area contributed by atoms with Gasteiger partial charge in [0, 0.05) is 0 Å². The molecule has 6 heteroatoms. The summed E-state index contributed by atoms with van der Waals surface area (Å²) in [5.41, 5.74) is 0. The zero-order valence-corrected chi connectivity index (χ0v) is 14.3. The van der Waals surface area contributed by atoms with Crippen LogP contribution in [0.3, 0.4) is 0 Å². The van der Waals surface area contributed by atoms with E-state index in [0.29, 0.717) is 13.2 Å². The number of hydrogen-bond donors (Lipinski definition) is 0. The Morgan fingerprint density at radius 1 is 1.00 bits per heavy atom. The van der Waals surface area contributed by atoms with E-state index in [1.807, 2.05) is 0 Å². The normalized spacial score (nSPS) is 10.7. The molecule has 0 heterocycles. The van der Waals surface area contributed by atoms with Gasteiger partial charge >= 0.3 is 118 Å². The average Bonchev–Trinajstić information content (AvgIpc) is 2.28. The molecule has 0 fully saturated rings. The molecule has 105 valence electrons. The van der Waals surface area contributed by atoms with Crippen LogP contribution in [0.1, 0.15) is 52.9 Å². The van der Waals surface area contributed by atoms with Gasteiger partial charge in [-0.2, -0.15) is 0 Å². The topological polar surface area (TPSA) is 61.8 Å². The summed E-state index contributed by atoms with van der Waals surface area (Å²) in [5.74, 6) is -0.727.